The molecule has 1 N–H and O–H groups in total. The summed E-state index contributed by atoms with van der Waals surface area (Å²) < 4.78 is 32.0. The lowest BCUT2D eigenvalue weighted by Gasteiger charge is -2.23. The lowest BCUT2D eigenvalue weighted by atomic mass is 10.0. The van der Waals surface area contributed by atoms with E-state index >= 15 is 0 Å². The Bertz CT molecular complexity index is 940. The second-order valence-corrected chi connectivity index (χ2v) is 5.98. The Morgan fingerprint density at radius 3 is 2.81 bits per heavy atom. The number of nitrogens with zero attached hydrogens (tertiary/aromatic N) is 2. The summed E-state index contributed by atoms with van der Waals surface area (Å²) >= 11 is 0. The predicted octanol–water partition coefficient (Wildman–Crippen LogP) is 1.73. The molecule has 1 aliphatic rings. The molecule has 0 atom stereocenters. The van der Waals surface area contributed by atoms with Crippen LogP contribution in [0.4, 0.5) is 4.39 Å². The summed E-state index contributed by atoms with van der Waals surface area (Å²) in [5, 5.41) is 9.09. The average molecular weight is 378 g/mol. The summed E-state index contributed by atoms with van der Waals surface area (Å²) in [5.74, 6) is -2.02. The minimum atomic E-state index is -1.47. The van der Waals surface area contributed by atoms with E-state index in [-0.39, 0.29) is 17.3 Å². The lowest BCUT2D eigenvalue weighted by molar-refractivity contribution is 0.0693. The van der Waals surface area contributed by atoms with E-state index in [9.17, 15) is 14.0 Å². The van der Waals surface area contributed by atoms with Crippen molar-refractivity contribution in [3.63, 3.8) is 0 Å². The van der Waals surface area contributed by atoms with Gasteiger partial charge >= 0.3 is 5.97 Å². The van der Waals surface area contributed by atoms with E-state index in [2.05, 4.69) is 4.98 Å². The molecule has 3 rings (SSSR count). The number of aromatic nitrogens is 2. The maximum atomic E-state index is 14.7. The first-order valence-corrected chi connectivity index (χ1v) is 8.34. The maximum Gasteiger partial charge on any atom is 0.341 e. The van der Waals surface area contributed by atoms with Crippen LogP contribution in [0.3, 0.4) is 0 Å². The Morgan fingerprint density at radius 1 is 1.37 bits per heavy atom. The van der Waals surface area contributed by atoms with Crippen molar-refractivity contribution >= 4 is 5.97 Å². The van der Waals surface area contributed by atoms with Crippen molar-refractivity contribution in [3.8, 4) is 23.0 Å². The van der Waals surface area contributed by atoms with Crippen molar-refractivity contribution in [2.75, 3.05) is 27.4 Å². The van der Waals surface area contributed by atoms with Gasteiger partial charge in [-0.25, -0.2) is 14.2 Å². The molecule has 0 saturated carbocycles. The summed E-state index contributed by atoms with van der Waals surface area (Å²) in [4.78, 5) is 27.5. The van der Waals surface area contributed by atoms with Gasteiger partial charge in [-0.1, -0.05) is 0 Å². The lowest BCUT2D eigenvalue weighted by Crippen LogP contribution is -2.26. The smallest absolute Gasteiger partial charge is 0.341 e. The Hall–Kier alpha value is -2.94. The fourth-order valence-electron chi connectivity index (χ4n) is 2.99. The fraction of sp³-hybridized carbons (Fsp3) is 0.389. The second-order valence-electron chi connectivity index (χ2n) is 5.98. The van der Waals surface area contributed by atoms with Crippen LogP contribution in [0.2, 0.25) is 0 Å². The average Bonchev–Trinajstić information content (AvgIpc) is 2.66. The molecular formula is C18H19FN2O6. The van der Waals surface area contributed by atoms with Crippen molar-refractivity contribution in [2.24, 2.45) is 0 Å². The zero-order valence-electron chi connectivity index (χ0n) is 15.0. The topological polar surface area (TPSA) is 99.9 Å². The van der Waals surface area contributed by atoms with Crippen molar-refractivity contribution < 1.29 is 28.5 Å². The molecule has 1 aliphatic heterocycles. The highest BCUT2D eigenvalue weighted by atomic mass is 19.1. The van der Waals surface area contributed by atoms with Gasteiger partial charge in [0.1, 0.15) is 11.3 Å². The number of pyridine rings is 2. The van der Waals surface area contributed by atoms with Gasteiger partial charge in [-0.15, -0.1) is 0 Å². The monoisotopic (exact) mass is 378 g/mol. The molecule has 0 aliphatic carbocycles. The highest BCUT2D eigenvalue weighted by Crippen LogP contribution is 2.36. The largest absolute Gasteiger partial charge is 0.488 e. The van der Waals surface area contributed by atoms with Gasteiger partial charge in [-0.3, -0.25) is 4.79 Å². The number of carboxylic acids is 1. The molecule has 0 fully saturated rings. The molecule has 144 valence electrons. The number of rotatable bonds is 7. The van der Waals surface area contributed by atoms with E-state index in [0.717, 1.165) is 6.20 Å². The molecule has 0 bridgehead atoms. The number of aromatic carboxylic acids is 1. The number of fused-ring (bicyclic) bond motifs is 3. The van der Waals surface area contributed by atoms with Gasteiger partial charge in [0, 0.05) is 32.9 Å². The maximum absolute atomic E-state index is 14.7. The first kappa shape index (κ1) is 18.8. The van der Waals surface area contributed by atoms with Crippen LogP contribution in [0.5, 0.6) is 11.6 Å². The molecule has 0 radical (unpaired) electrons. The van der Waals surface area contributed by atoms with Gasteiger partial charge in [-0.05, 0) is 18.1 Å². The molecule has 8 nitrogen and oxygen atoms in total. The van der Waals surface area contributed by atoms with Crippen LogP contribution in [0.25, 0.3) is 11.4 Å². The molecule has 2 aromatic heterocycles. The standard InChI is InChI=1S/C18H19FN2O6/c1-25-6-3-7-27-12-8-10-4-5-21-9-11(18(23)24)16(22)13(19)15(21)14(10)20-17(12)26-2/h8-9H,3-7H2,1-2H3,(H,23,24). The number of carbonyl (C=O) groups is 1. The molecule has 9 heteroatoms. The minimum Gasteiger partial charge on any atom is -0.488 e. The first-order chi connectivity index (χ1) is 13.0. The zero-order valence-corrected chi connectivity index (χ0v) is 15.0. The summed E-state index contributed by atoms with van der Waals surface area (Å²) in [7, 11) is 3.02. The van der Waals surface area contributed by atoms with Gasteiger partial charge in [0.2, 0.25) is 5.43 Å². The first-order valence-electron chi connectivity index (χ1n) is 8.34. The number of hydrogen-bond acceptors (Lipinski definition) is 6. The van der Waals surface area contributed by atoms with Crippen LogP contribution in [-0.2, 0) is 17.7 Å². The van der Waals surface area contributed by atoms with Crippen LogP contribution in [0, 0.1) is 5.82 Å². The van der Waals surface area contributed by atoms with Crippen LogP contribution in [0.1, 0.15) is 22.3 Å². The second kappa shape index (κ2) is 7.75. The Kier molecular flexibility index (Phi) is 5.41. The molecule has 0 amide bonds. The molecule has 0 saturated heterocycles. The number of aryl methyl sites for hydroxylation is 2. The Balaban J connectivity index is 2.06. The highest BCUT2D eigenvalue weighted by Gasteiger charge is 2.28. The van der Waals surface area contributed by atoms with Gasteiger partial charge < -0.3 is 23.9 Å². The van der Waals surface area contributed by atoms with Crippen molar-refractivity contribution in [1.29, 1.82) is 0 Å². The molecule has 0 aromatic carbocycles. The third-order valence-electron chi connectivity index (χ3n) is 4.28. The third-order valence-corrected chi connectivity index (χ3v) is 4.28. The van der Waals surface area contributed by atoms with Crippen LogP contribution < -0.4 is 14.9 Å². The number of methoxy groups -OCH3 is 2. The number of halogens is 1. The van der Waals surface area contributed by atoms with E-state index in [0.29, 0.717) is 43.9 Å². The summed E-state index contributed by atoms with van der Waals surface area (Å²) in [6, 6.07) is 1.71. The van der Waals surface area contributed by atoms with Gasteiger partial charge in [-0.2, -0.15) is 0 Å². The van der Waals surface area contributed by atoms with E-state index < -0.39 is 22.8 Å². The SMILES string of the molecule is COCCCOc1cc2c(nc1OC)-c1c(F)c(=O)c(C(=O)O)cn1CC2. The van der Waals surface area contributed by atoms with Gasteiger partial charge in [0.05, 0.1) is 19.4 Å². The number of ether oxygens (including phenoxy) is 3. The van der Waals surface area contributed by atoms with Crippen LogP contribution >= 0.6 is 0 Å². The summed E-state index contributed by atoms with van der Waals surface area (Å²) in [6.45, 7) is 1.27. The molecule has 3 heterocycles. The molecule has 0 spiro atoms. The van der Waals surface area contributed by atoms with Crippen molar-refractivity contribution in [1.82, 2.24) is 9.55 Å². The number of carboxylic acid groups (broad SMARTS) is 1. The predicted molar refractivity (Wildman–Crippen MR) is 93.1 cm³/mol. The van der Waals surface area contributed by atoms with E-state index in [4.69, 9.17) is 19.3 Å². The summed E-state index contributed by atoms with van der Waals surface area (Å²) in [5.41, 5.74) is -0.879. The number of hydrogen-bond donors (Lipinski definition) is 1. The van der Waals surface area contributed by atoms with Gasteiger partial charge in [0.25, 0.3) is 5.88 Å². The van der Waals surface area contributed by atoms with E-state index in [1.54, 1.807) is 13.2 Å². The summed E-state index contributed by atoms with van der Waals surface area (Å²) in [6.07, 6.45) is 2.31. The molecule has 2 aromatic rings. The van der Waals surface area contributed by atoms with Crippen molar-refractivity contribution in [2.45, 2.75) is 19.4 Å². The highest BCUT2D eigenvalue weighted by molar-refractivity contribution is 5.87. The fourth-order valence-corrected chi connectivity index (χ4v) is 2.99. The quantitative estimate of drug-likeness (QED) is 0.733. The van der Waals surface area contributed by atoms with E-state index in [1.165, 1.54) is 11.7 Å². The normalized spacial score (nSPS) is 12.3. The molecule has 27 heavy (non-hydrogen) atoms. The Morgan fingerprint density at radius 2 is 2.15 bits per heavy atom. The van der Waals surface area contributed by atoms with Crippen LogP contribution in [-0.4, -0.2) is 48.1 Å². The Labute approximate surface area is 154 Å². The van der Waals surface area contributed by atoms with Gasteiger partial charge in [0.15, 0.2) is 11.6 Å². The molecular weight excluding hydrogens is 359 g/mol. The third kappa shape index (κ3) is 3.50. The zero-order chi connectivity index (χ0) is 19.6. The minimum absolute atomic E-state index is 0.0458. The van der Waals surface area contributed by atoms with Crippen LogP contribution in [0.15, 0.2) is 17.1 Å². The molecule has 0 unspecified atom stereocenters. The van der Waals surface area contributed by atoms with E-state index in [1.807, 2.05) is 0 Å². The van der Waals surface area contributed by atoms with Crippen molar-refractivity contribution in [3.05, 3.63) is 39.4 Å².